The number of allylic oxidation sites excluding steroid dienone is 1. The second-order valence-corrected chi connectivity index (χ2v) is 14.5. The van der Waals surface area contributed by atoms with Gasteiger partial charge in [-0.25, -0.2) is 0 Å². The lowest BCUT2D eigenvalue weighted by molar-refractivity contribution is 0.978. The molecular weight excluding hydrogens is 629 g/mol. The Morgan fingerprint density at radius 1 is 0.500 bits per heavy atom. The van der Waals surface area contributed by atoms with E-state index in [1.54, 1.807) is 0 Å². The van der Waals surface area contributed by atoms with E-state index in [1.807, 2.05) is 0 Å². The third-order valence-corrected chi connectivity index (χ3v) is 11.8. The van der Waals surface area contributed by atoms with Gasteiger partial charge in [0.15, 0.2) is 0 Å². The van der Waals surface area contributed by atoms with Crippen LogP contribution < -0.4 is 4.90 Å². The first-order valence-corrected chi connectivity index (χ1v) is 18.4. The molecule has 0 unspecified atom stereocenters. The molecule has 0 saturated heterocycles. The van der Waals surface area contributed by atoms with Gasteiger partial charge in [-0.3, -0.25) is 0 Å². The summed E-state index contributed by atoms with van der Waals surface area (Å²) in [6, 6.07) is 56.4. The minimum atomic E-state index is 0.991. The molecule has 1 heterocycles. The number of anilines is 2. The van der Waals surface area contributed by atoms with Crippen molar-refractivity contribution in [2.75, 3.05) is 4.90 Å². The predicted octanol–water partition coefficient (Wildman–Crippen LogP) is 13.6. The van der Waals surface area contributed by atoms with Crippen molar-refractivity contribution in [3.63, 3.8) is 0 Å². The molecular formula is C50H36N2. The summed E-state index contributed by atoms with van der Waals surface area (Å²) in [6.45, 7) is 4.58. The molecule has 0 spiro atoms. The van der Waals surface area contributed by atoms with E-state index in [0.717, 1.165) is 12.8 Å². The van der Waals surface area contributed by atoms with Crippen molar-refractivity contribution in [3.05, 3.63) is 180 Å². The molecule has 0 aliphatic heterocycles. The van der Waals surface area contributed by atoms with Gasteiger partial charge < -0.3 is 9.47 Å². The maximum absolute atomic E-state index is 2.55. The molecule has 0 saturated carbocycles. The zero-order chi connectivity index (χ0) is 34.5. The Bertz CT molecular complexity index is 3070. The number of rotatable bonds is 4. The summed E-state index contributed by atoms with van der Waals surface area (Å²) >= 11 is 0. The van der Waals surface area contributed by atoms with Gasteiger partial charge in [0.2, 0.25) is 0 Å². The van der Waals surface area contributed by atoms with Crippen LogP contribution in [0.2, 0.25) is 0 Å². The van der Waals surface area contributed by atoms with Crippen LogP contribution in [-0.4, -0.2) is 4.57 Å². The largest absolute Gasteiger partial charge is 0.312 e. The molecule has 0 N–H and O–H groups in total. The average Bonchev–Trinajstić information content (AvgIpc) is 3.46. The molecule has 0 bridgehead atoms. The fraction of sp³-hybridized carbons (Fsp3) is 0.0800. The molecule has 9 aromatic carbocycles. The van der Waals surface area contributed by atoms with Crippen molar-refractivity contribution in [3.8, 4) is 5.69 Å². The van der Waals surface area contributed by atoms with Gasteiger partial charge in [0.05, 0.1) is 11.2 Å². The summed E-state index contributed by atoms with van der Waals surface area (Å²) in [6.07, 6.45) is 4.44. The van der Waals surface area contributed by atoms with Crippen molar-refractivity contribution in [1.82, 2.24) is 4.57 Å². The monoisotopic (exact) mass is 664 g/mol. The molecule has 0 atom stereocenters. The minimum absolute atomic E-state index is 0.991. The van der Waals surface area contributed by atoms with Crippen LogP contribution in [0.5, 0.6) is 0 Å². The summed E-state index contributed by atoms with van der Waals surface area (Å²) in [5.74, 6) is 0. The first kappa shape index (κ1) is 29.4. The number of hydrogen-bond donors (Lipinski definition) is 0. The van der Waals surface area contributed by atoms with E-state index in [9.17, 15) is 0 Å². The Morgan fingerprint density at radius 3 is 2.00 bits per heavy atom. The molecule has 246 valence electrons. The van der Waals surface area contributed by atoms with E-state index in [0.29, 0.717) is 0 Å². The second kappa shape index (κ2) is 11.1. The van der Waals surface area contributed by atoms with E-state index in [1.165, 1.54) is 110 Å². The van der Waals surface area contributed by atoms with Crippen molar-refractivity contribution < 1.29 is 0 Å². The molecule has 0 radical (unpaired) electrons. The normalized spacial score (nSPS) is 13.2. The Morgan fingerprint density at radius 2 is 1.15 bits per heavy atom. The van der Waals surface area contributed by atoms with Crippen LogP contribution in [0.15, 0.2) is 158 Å². The Balaban J connectivity index is 1.14. The highest BCUT2D eigenvalue weighted by Gasteiger charge is 2.25. The van der Waals surface area contributed by atoms with E-state index in [-0.39, 0.29) is 0 Å². The van der Waals surface area contributed by atoms with E-state index >= 15 is 0 Å². The van der Waals surface area contributed by atoms with Crippen molar-refractivity contribution in [2.45, 2.75) is 26.7 Å². The molecule has 1 aliphatic carbocycles. The van der Waals surface area contributed by atoms with Crippen molar-refractivity contribution in [2.24, 2.45) is 0 Å². The minimum Gasteiger partial charge on any atom is -0.312 e. The summed E-state index contributed by atoms with van der Waals surface area (Å²) in [5, 5.41) is 14.4. The zero-order valence-corrected chi connectivity index (χ0v) is 29.3. The number of para-hydroxylation sites is 1. The number of aryl methyl sites for hydroxylation is 2. The van der Waals surface area contributed by atoms with Crippen LogP contribution in [0, 0.1) is 13.8 Å². The standard InChI is InChI=1S/C50H36N2/c1-31-32(2)51(47-29-22-36-19-18-34-12-8-13-35-21-24-45(47)49(36)48(34)35)50-40(31)25-26-42-41-16-9-17-46(43(41)27-28-44(42)50)52(38-14-4-3-5-15-38)39-23-20-33-10-6-7-11-37(33)30-39/h3-8,10-15,17-30H,9,16H2,1-2H3. The van der Waals surface area contributed by atoms with Crippen molar-refractivity contribution in [1.29, 1.82) is 0 Å². The van der Waals surface area contributed by atoms with Gasteiger partial charge in [0.25, 0.3) is 0 Å². The van der Waals surface area contributed by atoms with Gasteiger partial charge in [-0.15, -0.1) is 0 Å². The Labute approximate surface area is 302 Å². The highest BCUT2D eigenvalue weighted by atomic mass is 15.1. The SMILES string of the molecule is Cc1c(C)n(-c2ccc3ccc4cccc5ccc2c3c45)c2c1ccc1c3c(ccc12)C(N(c1ccccc1)c1ccc2ccccc2c1)=CCC3. The quantitative estimate of drug-likeness (QED) is 0.170. The van der Waals surface area contributed by atoms with Gasteiger partial charge in [0.1, 0.15) is 0 Å². The maximum Gasteiger partial charge on any atom is 0.0612 e. The molecule has 1 aliphatic rings. The lowest BCUT2D eigenvalue weighted by Gasteiger charge is -2.32. The molecule has 2 heteroatoms. The third kappa shape index (κ3) is 4.12. The van der Waals surface area contributed by atoms with Gasteiger partial charge >= 0.3 is 0 Å². The summed E-state index contributed by atoms with van der Waals surface area (Å²) in [5.41, 5.74) is 11.5. The smallest absolute Gasteiger partial charge is 0.0612 e. The number of nitrogens with zero attached hydrogens (tertiary/aromatic N) is 2. The van der Waals surface area contributed by atoms with Crippen LogP contribution in [0.1, 0.15) is 28.8 Å². The first-order valence-electron chi connectivity index (χ1n) is 18.4. The topological polar surface area (TPSA) is 8.17 Å². The van der Waals surface area contributed by atoms with Crippen LogP contribution in [-0.2, 0) is 6.42 Å². The van der Waals surface area contributed by atoms with Crippen LogP contribution in [0.4, 0.5) is 11.4 Å². The summed E-state index contributed by atoms with van der Waals surface area (Å²) < 4.78 is 2.55. The predicted molar refractivity (Wildman–Crippen MR) is 223 cm³/mol. The highest BCUT2D eigenvalue weighted by Crippen LogP contribution is 2.45. The lowest BCUT2D eigenvalue weighted by Crippen LogP contribution is -2.18. The molecule has 11 rings (SSSR count). The fourth-order valence-electron chi connectivity index (χ4n) is 9.25. The molecule has 0 fully saturated rings. The first-order chi connectivity index (χ1) is 25.6. The summed E-state index contributed by atoms with van der Waals surface area (Å²) in [7, 11) is 0. The maximum atomic E-state index is 2.55. The van der Waals surface area contributed by atoms with Crippen LogP contribution in [0.3, 0.4) is 0 Å². The Hall–Kier alpha value is -6.38. The van der Waals surface area contributed by atoms with E-state index in [4.69, 9.17) is 0 Å². The van der Waals surface area contributed by atoms with Gasteiger partial charge in [-0.05, 0) is 111 Å². The number of benzene rings is 9. The molecule has 0 amide bonds. The average molecular weight is 665 g/mol. The highest BCUT2D eigenvalue weighted by molar-refractivity contribution is 6.25. The molecule has 2 nitrogen and oxygen atoms in total. The van der Waals surface area contributed by atoms with E-state index < -0.39 is 0 Å². The fourth-order valence-corrected chi connectivity index (χ4v) is 9.25. The third-order valence-electron chi connectivity index (χ3n) is 11.8. The van der Waals surface area contributed by atoms with Gasteiger partial charge in [-0.2, -0.15) is 0 Å². The van der Waals surface area contributed by atoms with E-state index in [2.05, 4.69) is 181 Å². The Kier molecular flexibility index (Phi) is 6.24. The number of fused-ring (bicyclic) bond motifs is 6. The second-order valence-electron chi connectivity index (χ2n) is 14.5. The van der Waals surface area contributed by atoms with Crippen LogP contribution >= 0.6 is 0 Å². The van der Waals surface area contributed by atoms with Crippen LogP contribution in [0.25, 0.3) is 76.1 Å². The lowest BCUT2D eigenvalue weighted by atomic mass is 9.88. The molecule has 52 heavy (non-hydrogen) atoms. The number of hydrogen-bond acceptors (Lipinski definition) is 1. The number of aromatic nitrogens is 1. The van der Waals surface area contributed by atoms with Gasteiger partial charge in [0, 0.05) is 44.5 Å². The van der Waals surface area contributed by atoms with Crippen molar-refractivity contribution >= 4 is 81.8 Å². The molecule has 10 aromatic rings. The zero-order valence-electron chi connectivity index (χ0n) is 29.3. The molecule has 1 aromatic heterocycles. The van der Waals surface area contributed by atoms with Gasteiger partial charge in [-0.1, -0.05) is 127 Å². The summed E-state index contributed by atoms with van der Waals surface area (Å²) in [4.78, 5) is 2.45.